The lowest BCUT2D eigenvalue weighted by atomic mass is 10.2. The van der Waals surface area contributed by atoms with E-state index in [4.69, 9.17) is 16.3 Å². The molecule has 1 aromatic heterocycles. The maximum atomic E-state index is 12.0. The number of imidazole rings is 1. The van der Waals surface area contributed by atoms with Gasteiger partial charge in [-0.15, -0.1) is 11.6 Å². The predicted molar refractivity (Wildman–Crippen MR) is 78.9 cm³/mol. The summed E-state index contributed by atoms with van der Waals surface area (Å²) in [6.45, 7) is 3.21. The number of para-hydroxylation sites is 1. The molecule has 0 saturated heterocycles. The van der Waals surface area contributed by atoms with Gasteiger partial charge < -0.3 is 14.6 Å². The predicted octanol–water partition coefficient (Wildman–Crippen LogP) is 1.85. The lowest BCUT2D eigenvalue weighted by Crippen LogP contribution is -2.30. The summed E-state index contributed by atoms with van der Waals surface area (Å²) in [7, 11) is 1.60. The number of carbonyl (C=O) groups excluding carboxylic acids is 1. The Balaban J connectivity index is 2.26. The van der Waals surface area contributed by atoms with Crippen LogP contribution in [0.3, 0.4) is 0 Å². The number of hydrogen-bond donors (Lipinski definition) is 1. The first-order valence-corrected chi connectivity index (χ1v) is 6.97. The van der Waals surface area contributed by atoms with Gasteiger partial charge in [0, 0.05) is 13.7 Å². The number of ether oxygens (including phenoxy) is 1. The molecule has 0 saturated carbocycles. The topological polar surface area (TPSA) is 56.1 Å². The molecule has 0 bridgehead atoms. The minimum absolute atomic E-state index is 0.0732. The van der Waals surface area contributed by atoms with Crippen molar-refractivity contribution in [3.05, 3.63) is 29.6 Å². The highest BCUT2D eigenvalue weighted by Crippen LogP contribution is 2.21. The number of nitrogens with zero attached hydrogens (tertiary/aromatic N) is 2. The molecule has 0 aliphatic rings. The van der Waals surface area contributed by atoms with Crippen molar-refractivity contribution in [1.82, 2.24) is 14.9 Å². The molecule has 20 heavy (non-hydrogen) atoms. The average molecular weight is 296 g/mol. The molecule has 1 aromatic carbocycles. The number of methoxy groups -OCH3 is 1. The first-order valence-electron chi connectivity index (χ1n) is 6.43. The van der Waals surface area contributed by atoms with E-state index in [2.05, 4.69) is 10.3 Å². The fourth-order valence-electron chi connectivity index (χ4n) is 2.18. The molecule has 108 valence electrons. The molecule has 1 N–H and O–H groups in total. The van der Waals surface area contributed by atoms with Crippen LogP contribution in [-0.4, -0.2) is 35.7 Å². The Hall–Kier alpha value is -1.59. The van der Waals surface area contributed by atoms with E-state index in [0.717, 1.165) is 16.6 Å². The number of halogens is 1. The van der Waals surface area contributed by atoms with Crippen LogP contribution in [0.2, 0.25) is 0 Å². The standard InChI is InChI=1S/C14H18ClN3O2/c1-10-4-3-5-11-14(10)18(12(8-15)17-11)9-13(19)16-6-7-20-2/h3-5H,6-9H2,1-2H3,(H,16,19). The Kier molecular flexibility index (Phi) is 4.98. The molecule has 0 aliphatic carbocycles. The summed E-state index contributed by atoms with van der Waals surface area (Å²) in [4.78, 5) is 16.4. The van der Waals surface area contributed by atoms with Gasteiger partial charge in [-0.1, -0.05) is 12.1 Å². The highest BCUT2D eigenvalue weighted by atomic mass is 35.5. The number of amides is 1. The Morgan fingerprint density at radius 1 is 1.50 bits per heavy atom. The third-order valence-corrected chi connectivity index (χ3v) is 3.34. The van der Waals surface area contributed by atoms with Crippen molar-refractivity contribution < 1.29 is 9.53 Å². The van der Waals surface area contributed by atoms with Crippen LogP contribution in [0.1, 0.15) is 11.4 Å². The van der Waals surface area contributed by atoms with Crippen LogP contribution in [0.25, 0.3) is 11.0 Å². The Bertz CT molecular complexity index is 610. The summed E-state index contributed by atoms with van der Waals surface area (Å²) in [5.74, 6) is 0.910. The summed E-state index contributed by atoms with van der Waals surface area (Å²) in [6.07, 6.45) is 0. The number of hydrogen-bond acceptors (Lipinski definition) is 3. The van der Waals surface area contributed by atoms with Crippen molar-refractivity contribution >= 4 is 28.5 Å². The van der Waals surface area contributed by atoms with Gasteiger partial charge in [-0.05, 0) is 18.6 Å². The normalized spacial score (nSPS) is 10.9. The van der Waals surface area contributed by atoms with Gasteiger partial charge in [-0.25, -0.2) is 4.98 Å². The highest BCUT2D eigenvalue weighted by molar-refractivity contribution is 6.16. The monoisotopic (exact) mass is 295 g/mol. The molecule has 0 radical (unpaired) electrons. The van der Waals surface area contributed by atoms with Gasteiger partial charge in [-0.2, -0.15) is 0 Å². The van der Waals surface area contributed by atoms with Crippen LogP contribution in [-0.2, 0) is 22.0 Å². The van der Waals surface area contributed by atoms with Crippen LogP contribution in [0, 0.1) is 6.92 Å². The molecule has 0 aliphatic heterocycles. The summed E-state index contributed by atoms with van der Waals surface area (Å²) >= 11 is 5.93. The van der Waals surface area contributed by atoms with E-state index in [0.29, 0.717) is 19.0 Å². The molecule has 2 aromatic rings. The molecule has 1 heterocycles. The van der Waals surface area contributed by atoms with Gasteiger partial charge in [0.15, 0.2) is 0 Å². The molecule has 0 unspecified atom stereocenters. The number of benzene rings is 1. The van der Waals surface area contributed by atoms with Crippen molar-refractivity contribution in [3.63, 3.8) is 0 Å². The van der Waals surface area contributed by atoms with Crippen LogP contribution in [0.15, 0.2) is 18.2 Å². The second-order valence-corrected chi connectivity index (χ2v) is 4.80. The van der Waals surface area contributed by atoms with Crippen LogP contribution < -0.4 is 5.32 Å². The number of nitrogens with one attached hydrogen (secondary N) is 1. The summed E-state index contributed by atoms with van der Waals surface area (Å²) < 4.78 is 6.78. The summed E-state index contributed by atoms with van der Waals surface area (Å²) in [6, 6.07) is 5.88. The van der Waals surface area contributed by atoms with Crippen molar-refractivity contribution in [3.8, 4) is 0 Å². The maximum absolute atomic E-state index is 12.0. The minimum atomic E-state index is -0.0732. The molecule has 0 spiro atoms. The van der Waals surface area contributed by atoms with Crippen molar-refractivity contribution in [1.29, 1.82) is 0 Å². The fourth-order valence-corrected chi connectivity index (χ4v) is 2.38. The third kappa shape index (κ3) is 3.11. The number of carbonyl (C=O) groups is 1. The third-order valence-electron chi connectivity index (χ3n) is 3.10. The molecule has 0 atom stereocenters. The van der Waals surface area contributed by atoms with Gasteiger partial charge >= 0.3 is 0 Å². The van der Waals surface area contributed by atoms with E-state index in [1.54, 1.807) is 7.11 Å². The lowest BCUT2D eigenvalue weighted by Gasteiger charge is -2.09. The second kappa shape index (κ2) is 6.72. The zero-order valence-corrected chi connectivity index (χ0v) is 12.4. The zero-order valence-electron chi connectivity index (χ0n) is 11.6. The van der Waals surface area contributed by atoms with E-state index < -0.39 is 0 Å². The van der Waals surface area contributed by atoms with Crippen molar-refractivity contribution in [2.45, 2.75) is 19.3 Å². The Morgan fingerprint density at radius 3 is 3.00 bits per heavy atom. The largest absolute Gasteiger partial charge is 0.383 e. The maximum Gasteiger partial charge on any atom is 0.240 e. The van der Waals surface area contributed by atoms with E-state index in [1.807, 2.05) is 29.7 Å². The molecular formula is C14H18ClN3O2. The molecule has 0 fully saturated rings. The number of rotatable bonds is 6. The Labute approximate surface area is 122 Å². The van der Waals surface area contributed by atoms with Gasteiger partial charge in [0.2, 0.25) is 5.91 Å². The zero-order chi connectivity index (χ0) is 14.5. The molecule has 1 amide bonds. The van der Waals surface area contributed by atoms with Gasteiger partial charge in [0.1, 0.15) is 12.4 Å². The number of alkyl halides is 1. The number of fused-ring (bicyclic) bond motifs is 1. The molecule has 5 nitrogen and oxygen atoms in total. The quantitative estimate of drug-likeness (QED) is 0.653. The Morgan fingerprint density at radius 2 is 2.30 bits per heavy atom. The second-order valence-electron chi connectivity index (χ2n) is 4.53. The number of aromatic nitrogens is 2. The van der Waals surface area contributed by atoms with E-state index in [-0.39, 0.29) is 18.3 Å². The number of aryl methyl sites for hydroxylation is 1. The summed E-state index contributed by atoms with van der Waals surface area (Å²) in [5, 5.41) is 2.80. The van der Waals surface area contributed by atoms with Crippen LogP contribution >= 0.6 is 11.6 Å². The average Bonchev–Trinajstić information content (AvgIpc) is 2.78. The van der Waals surface area contributed by atoms with Gasteiger partial charge in [-0.3, -0.25) is 4.79 Å². The first-order chi connectivity index (χ1) is 9.67. The lowest BCUT2D eigenvalue weighted by molar-refractivity contribution is -0.121. The smallest absolute Gasteiger partial charge is 0.240 e. The van der Waals surface area contributed by atoms with Crippen molar-refractivity contribution in [2.24, 2.45) is 0 Å². The SMILES string of the molecule is COCCNC(=O)Cn1c(CCl)nc2cccc(C)c21. The van der Waals surface area contributed by atoms with E-state index in [9.17, 15) is 4.79 Å². The van der Waals surface area contributed by atoms with Crippen molar-refractivity contribution in [2.75, 3.05) is 20.3 Å². The molecule has 2 rings (SSSR count). The van der Waals surface area contributed by atoms with E-state index in [1.165, 1.54) is 0 Å². The van der Waals surface area contributed by atoms with Crippen LogP contribution in [0.4, 0.5) is 0 Å². The molecule has 6 heteroatoms. The van der Waals surface area contributed by atoms with Gasteiger partial charge in [0.05, 0.1) is 23.5 Å². The van der Waals surface area contributed by atoms with Gasteiger partial charge in [0.25, 0.3) is 0 Å². The summed E-state index contributed by atoms with van der Waals surface area (Å²) in [5.41, 5.74) is 2.91. The van der Waals surface area contributed by atoms with E-state index >= 15 is 0 Å². The van der Waals surface area contributed by atoms with Crippen LogP contribution in [0.5, 0.6) is 0 Å². The molecular weight excluding hydrogens is 278 g/mol. The minimum Gasteiger partial charge on any atom is -0.383 e. The first kappa shape index (κ1) is 14.8. The highest BCUT2D eigenvalue weighted by Gasteiger charge is 2.14. The fraction of sp³-hybridized carbons (Fsp3) is 0.429.